The normalized spacial score (nSPS) is 11.9. The van der Waals surface area contributed by atoms with Gasteiger partial charge in [-0.2, -0.15) is 0 Å². The van der Waals surface area contributed by atoms with Gasteiger partial charge in [0.05, 0.1) is 19.9 Å². The molecule has 3 nitrogen and oxygen atoms in total. The lowest BCUT2D eigenvalue weighted by Crippen LogP contribution is -2.08. The fourth-order valence-electron chi connectivity index (χ4n) is 2.08. The van der Waals surface area contributed by atoms with Crippen LogP contribution in [-0.4, -0.2) is 14.2 Å². The van der Waals surface area contributed by atoms with E-state index in [1.807, 2.05) is 25.1 Å². The molecular formula is C16H17BrFNO2. The van der Waals surface area contributed by atoms with Crippen molar-refractivity contribution in [3.8, 4) is 11.5 Å². The van der Waals surface area contributed by atoms with Crippen molar-refractivity contribution < 1.29 is 13.9 Å². The van der Waals surface area contributed by atoms with Crippen molar-refractivity contribution in [2.75, 3.05) is 19.5 Å². The Bertz CT molecular complexity index is 634. The van der Waals surface area contributed by atoms with Crippen LogP contribution in [-0.2, 0) is 0 Å². The molecule has 5 heteroatoms. The number of anilines is 1. The fraction of sp³-hybridized carbons (Fsp3) is 0.250. The lowest BCUT2D eigenvalue weighted by atomic mass is 10.1. The van der Waals surface area contributed by atoms with Crippen LogP contribution < -0.4 is 14.8 Å². The fourth-order valence-corrected chi connectivity index (χ4v) is 2.78. The average Bonchev–Trinajstić information content (AvgIpc) is 2.47. The van der Waals surface area contributed by atoms with E-state index in [4.69, 9.17) is 9.47 Å². The molecule has 2 aromatic carbocycles. The van der Waals surface area contributed by atoms with Gasteiger partial charge in [-0.25, -0.2) is 4.39 Å². The summed E-state index contributed by atoms with van der Waals surface area (Å²) in [4.78, 5) is 0. The van der Waals surface area contributed by atoms with Crippen LogP contribution >= 0.6 is 15.9 Å². The number of methoxy groups -OCH3 is 2. The molecule has 0 saturated heterocycles. The predicted octanol–water partition coefficient (Wildman–Crippen LogP) is 4.78. The Kier molecular flexibility index (Phi) is 5.07. The number of rotatable bonds is 5. The van der Waals surface area contributed by atoms with Crippen molar-refractivity contribution in [2.45, 2.75) is 13.0 Å². The smallest absolute Gasteiger partial charge is 0.145 e. The maximum atomic E-state index is 13.2. The van der Waals surface area contributed by atoms with Gasteiger partial charge in [-0.05, 0) is 36.8 Å². The first kappa shape index (κ1) is 15.6. The Labute approximate surface area is 132 Å². The molecule has 0 saturated carbocycles. The number of hydrogen-bond acceptors (Lipinski definition) is 3. The molecule has 0 aliphatic carbocycles. The van der Waals surface area contributed by atoms with Crippen LogP contribution in [0.1, 0.15) is 18.5 Å². The summed E-state index contributed by atoms with van der Waals surface area (Å²) in [6.45, 7) is 2.00. The minimum atomic E-state index is -0.264. The van der Waals surface area contributed by atoms with E-state index < -0.39 is 0 Å². The molecule has 2 aromatic rings. The van der Waals surface area contributed by atoms with Crippen molar-refractivity contribution in [3.05, 3.63) is 52.3 Å². The molecule has 1 N–H and O–H groups in total. The predicted molar refractivity (Wildman–Crippen MR) is 85.7 cm³/mol. The first-order valence-electron chi connectivity index (χ1n) is 6.48. The average molecular weight is 354 g/mol. The van der Waals surface area contributed by atoms with E-state index in [0.29, 0.717) is 5.75 Å². The third-order valence-electron chi connectivity index (χ3n) is 3.21. The maximum absolute atomic E-state index is 13.2. The zero-order valence-electron chi connectivity index (χ0n) is 12.1. The van der Waals surface area contributed by atoms with Gasteiger partial charge in [0.2, 0.25) is 0 Å². The quantitative estimate of drug-likeness (QED) is 0.838. The molecule has 1 unspecified atom stereocenters. The summed E-state index contributed by atoms with van der Waals surface area (Å²) in [5.74, 6) is 1.16. The standard InChI is InChI=1S/C16H17BrFNO2/c1-10(13-6-4-11(18)8-14(13)17)19-15-7-5-12(20-2)9-16(15)21-3/h4-10,19H,1-3H3. The number of nitrogens with one attached hydrogen (secondary N) is 1. The molecule has 0 aliphatic rings. The van der Waals surface area contributed by atoms with E-state index in [0.717, 1.165) is 21.5 Å². The first-order chi connectivity index (χ1) is 10.0. The molecule has 0 radical (unpaired) electrons. The van der Waals surface area contributed by atoms with Gasteiger partial charge in [0.15, 0.2) is 0 Å². The molecule has 112 valence electrons. The molecule has 1 atom stereocenters. The largest absolute Gasteiger partial charge is 0.497 e. The van der Waals surface area contributed by atoms with Gasteiger partial charge in [-0.1, -0.05) is 22.0 Å². The molecule has 21 heavy (non-hydrogen) atoms. The summed E-state index contributed by atoms with van der Waals surface area (Å²) in [5.41, 5.74) is 1.82. The second-order valence-corrected chi connectivity index (χ2v) is 5.45. The minimum absolute atomic E-state index is 0.0118. The molecule has 0 bridgehead atoms. The highest BCUT2D eigenvalue weighted by Gasteiger charge is 2.13. The van der Waals surface area contributed by atoms with Gasteiger partial charge in [-0.3, -0.25) is 0 Å². The Hall–Kier alpha value is -1.75. The Balaban J connectivity index is 2.24. The maximum Gasteiger partial charge on any atom is 0.145 e. The van der Waals surface area contributed by atoms with E-state index in [-0.39, 0.29) is 11.9 Å². The first-order valence-corrected chi connectivity index (χ1v) is 7.28. The molecule has 0 fully saturated rings. The highest BCUT2D eigenvalue weighted by molar-refractivity contribution is 9.10. The van der Waals surface area contributed by atoms with Gasteiger partial charge in [0.1, 0.15) is 17.3 Å². The topological polar surface area (TPSA) is 30.5 Å². The molecule has 0 aromatic heterocycles. The zero-order chi connectivity index (χ0) is 15.4. The van der Waals surface area contributed by atoms with Crippen LogP contribution in [0.3, 0.4) is 0 Å². The third kappa shape index (κ3) is 3.67. The third-order valence-corrected chi connectivity index (χ3v) is 3.90. The summed E-state index contributed by atoms with van der Waals surface area (Å²) < 4.78 is 24.4. The highest BCUT2D eigenvalue weighted by Crippen LogP contribution is 2.33. The van der Waals surface area contributed by atoms with Crippen LogP contribution in [0.25, 0.3) is 0 Å². The molecule has 0 spiro atoms. The molecule has 0 amide bonds. The van der Waals surface area contributed by atoms with Gasteiger partial charge in [0, 0.05) is 16.6 Å². The van der Waals surface area contributed by atoms with E-state index in [2.05, 4.69) is 21.2 Å². The lowest BCUT2D eigenvalue weighted by molar-refractivity contribution is 0.395. The monoisotopic (exact) mass is 353 g/mol. The molecule has 0 aliphatic heterocycles. The van der Waals surface area contributed by atoms with E-state index in [1.165, 1.54) is 12.1 Å². The molecule has 0 heterocycles. The summed E-state index contributed by atoms with van der Waals surface area (Å²) in [6.07, 6.45) is 0. The number of halogens is 2. The van der Waals surface area contributed by atoms with Gasteiger partial charge in [0.25, 0.3) is 0 Å². The number of benzene rings is 2. The van der Waals surface area contributed by atoms with Crippen LogP contribution in [0.5, 0.6) is 11.5 Å². The molecule has 2 rings (SSSR count). The van der Waals surface area contributed by atoms with E-state index in [1.54, 1.807) is 20.3 Å². The summed E-state index contributed by atoms with van der Waals surface area (Å²) in [6, 6.07) is 10.2. The summed E-state index contributed by atoms with van der Waals surface area (Å²) in [7, 11) is 3.22. The second-order valence-electron chi connectivity index (χ2n) is 4.60. The van der Waals surface area contributed by atoms with Crippen molar-refractivity contribution in [2.24, 2.45) is 0 Å². The van der Waals surface area contributed by atoms with Crippen molar-refractivity contribution >= 4 is 21.6 Å². The lowest BCUT2D eigenvalue weighted by Gasteiger charge is -2.19. The highest BCUT2D eigenvalue weighted by atomic mass is 79.9. The Morgan fingerprint density at radius 2 is 1.86 bits per heavy atom. The van der Waals surface area contributed by atoms with Crippen molar-refractivity contribution in [1.82, 2.24) is 0 Å². The summed E-state index contributed by atoms with van der Waals surface area (Å²) in [5, 5.41) is 3.36. The zero-order valence-corrected chi connectivity index (χ0v) is 13.7. The number of hydrogen-bond donors (Lipinski definition) is 1. The van der Waals surface area contributed by atoms with Crippen molar-refractivity contribution in [3.63, 3.8) is 0 Å². The second kappa shape index (κ2) is 6.80. The van der Waals surface area contributed by atoms with Gasteiger partial charge < -0.3 is 14.8 Å². The van der Waals surface area contributed by atoms with Gasteiger partial charge >= 0.3 is 0 Å². The minimum Gasteiger partial charge on any atom is -0.497 e. The van der Waals surface area contributed by atoms with Crippen LogP contribution in [0.15, 0.2) is 40.9 Å². The van der Waals surface area contributed by atoms with E-state index in [9.17, 15) is 4.39 Å². The van der Waals surface area contributed by atoms with Gasteiger partial charge in [-0.15, -0.1) is 0 Å². The Morgan fingerprint density at radius 1 is 1.10 bits per heavy atom. The van der Waals surface area contributed by atoms with Crippen LogP contribution in [0.4, 0.5) is 10.1 Å². The molecular weight excluding hydrogens is 337 g/mol. The number of ether oxygens (including phenoxy) is 2. The van der Waals surface area contributed by atoms with Crippen LogP contribution in [0, 0.1) is 5.82 Å². The summed E-state index contributed by atoms with van der Waals surface area (Å²) >= 11 is 3.39. The van der Waals surface area contributed by atoms with Crippen LogP contribution in [0.2, 0.25) is 0 Å². The van der Waals surface area contributed by atoms with E-state index >= 15 is 0 Å². The van der Waals surface area contributed by atoms with Crippen molar-refractivity contribution in [1.29, 1.82) is 0 Å². The SMILES string of the molecule is COc1ccc(NC(C)c2ccc(F)cc2Br)c(OC)c1. The Morgan fingerprint density at radius 3 is 2.48 bits per heavy atom.